The minimum atomic E-state index is 0.657. The second-order valence-corrected chi connectivity index (χ2v) is 7.74. The molecule has 2 heterocycles. The smallest absolute Gasteiger partial charge is 0.142 e. The zero-order valence-corrected chi connectivity index (χ0v) is 15.2. The molecule has 0 bridgehead atoms. The summed E-state index contributed by atoms with van der Waals surface area (Å²) in [6.07, 6.45) is 5.06. The summed E-state index contributed by atoms with van der Waals surface area (Å²) in [5, 5.41) is 5.20. The van der Waals surface area contributed by atoms with E-state index in [0.717, 1.165) is 46.2 Å². The van der Waals surface area contributed by atoms with Crippen LogP contribution in [0.25, 0.3) is 10.2 Å². The van der Waals surface area contributed by atoms with Crippen LogP contribution in [-0.2, 0) is 12.8 Å². The number of thiophene rings is 1. The van der Waals surface area contributed by atoms with Crippen molar-refractivity contribution in [1.29, 1.82) is 0 Å². The summed E-state index contributed by atoms with van der Waals surface area (Å²) in [5.74, 6) is 2.31. The molecule has 4 nitrogen and oxygen atoms in total. The molecule has 0 aliphatic heterocycles. The third kappa shape index (κ3) is 2.72. The summed E-state index contributed by atoms with van der Waals surface area (Å²) >= 11 is 7.94. The van der Waals surface area contributed by atoms with E-state index in [1.165, 1.54) is 16.9 Å². The van der Waals surface area contributed by atoms with Crippen LogP contribution < -0.4 is 10.1 Å². The number of hydrogen-bond donors (Lipinski definition) is 1. The molecule has 0 radical (unpaired) electrons. The number of ether oxygens (including phenoxy) is 1. The number of halogens is 1. The van der Waals surface area contributed by atoms with E-state index in [4.69, 9.17) is 16.3 Å². The van der Waals surface area contributed by atoms with Crippen LogP contribution in [0.15, 0.2) is 24.5 Å². The van der Waals surface area contributed by atoms with E-state index in [0.29, 0.717) is 5.02 Å². The fraction of sp³-hybridized carbons (Fsp3) is 0.333. The van der Waals surface area contributed by atoms with E-state index in [1.54, 1.807) is 24.8 Å². The number of anilines is 2. The Hall–Kier alpha value is -1.85. The summed E-state index contributed by atoms with van der Waals surface area (Å²) in [7, 11) is 1.65. The van der Waals surface area contributed by atoms with E-state index in [9.17, 15) is 0 Å². The van der Waals surface area contributed by atoms with Crippen molar-refractivity contribution in [3.05, 3.63) is 40.0 Å². The van der Waals surface area contributed by atoms with Crippen LogP contribution in [0.2, 0.25) is 5.02 Å². The lowest BCUT2D eigenvalue weighted by atomic mass is 9.89. The van der Waals surface area contributed by atoms with Crippen LogP contribution >= 0.6 is 22.9 Å². The first kappa shape index (κ1) is 15.7. The normalized spacial score (nSPS) is 16.9. The van der Waals surface area contributed by atoms with Crippen molar-refractivity contribution in [2.24, 2.45) is 5.92 Å². The fourth-order valence-corrected chi connectivity index (χ4v) is 4.80. The highest BCUT2D eigenvalue weighted by Gasteiger charge is 2.23. The van der Waals surface area contributed by atoms with Gasteiger partial charge in [-0.05, 0) is 48.9 Å². The van der Waals surface area contributed by atoms with Crippen molar-refractivity contribution in [2.75, 3.05) is 12.4 Å². The molecule has 1 atom stereocenters. The van der Waals surface area contributed by atoms with Gasteiger partial charge in [-0.3, -0.25) is 0 Å². The molecule has 3 aromatic rings. The number of aryl methyl sites for hydroxylation is 1. The van der Waals surface area contributed by atoms with Crippen molar-refractivity contribution in [2.45, 2.75) is 26.2 Å². The SMILES string of the molecule is COc1ccc(Cl)cc1Nc1ncnc2sc3c(c12)CC[C@@H](C)C3. The first-order valence-electron chi connectivity index (χ1n) is 8.01. The molecule has 1 aromatic carbocycles. The molecule has 0 spiro atoms. The van der Waals surface area contributed by atoms with Gasteiger partial charge in [0.25, 0.3) is 0 Å². The van der Waals surface area contributed by atoms with Crippen LogP contribution in [-0.4, -0.2) is 17.1 Å². The highest BCUT2D eigenvalue weighted by Crippen LogP contribution is 2.41. The van der Waals surface area contributed by atoms with Crippen molar-refractivity contribution in [3.63, 3.8) is 0 Å². The summed E-state index contributed by atoms with van der Waals surface area (Å²) in [6, 6.07) is 5.53. The highest BCUT2D eigenvalue weighted by atomic mass is 35.5. The average Bonchev–Trinajstić information content (AvgIpc) is 2.93. The summed E-state index contributed by atoms with van der Waals surface area (Å²) in [4.78, 5) is 11.5. The Kier molecular flexibility index (Phi) is 4.06. The Balaban J connectivity index is 1.82. The lowest BCUT2D eigenvalue weighted by Gasteiger charge is -2.18. The molecular weight excluding hydrogens is 342 g/mol. The second kappa shape index (κ2) is 6.22. The third-order valence-electron chi connectivity index (χ3n) is 4.51. The van der Waals surface area contributed by atoms with Gasteiger partial charge in [-0.15, -0.1) is 11.3 Å². The maximum atomic E-state index is 6.14. The van der Waals surface area contributed by atoms with Gasteiger partial charge >= 0.3 is 0 Å². The molecule has 0 fully saturated rings. The van der Waals surface area contributed by atoms with Gasteiger partial charge in [0, 0.05) is 9.90 Å². The number of nitrogens with one attached hydrogen (secondary N) is 1. The number of hydrogen-bond acceptors (Lipinski definition) is 5. The maximum Gasteiger partial charge on any atom is 0.142 e. The molecule has 1 aliphatic carbocycles. The van der Waals surface area contributed by atoms with Gasteiger partial charge in [-0.25, -0.2) is 9.97 Å². The minimum absolute atomic E-state index is 0.657. The quantitative estimate of drug-likeness (QED) is 0.696. The topological polar surface area (TPSA) is 47.0 Å². The van der Waals surface area contributed by atoms with Gasteiger partial charge in [0.2, 0.25) is 0 Å². The molecule has 1 N–H and O–H groups in total. The predicted octanol–water partition coefficient (Wildman–Crippen LogP) is 5.22. The molecule has 0 amide bonds. The highest BCUT2D eigenvalue weighted by molar-refractivity contribution is 7.19. The Morgan fingerprint density at radius 2 is 2.21 bits per heavy atom. The van der Waals surface area contributed by atoms with E-state index < -0.39 is 0 Å². The fourth-order valence-electron chi connectivity index (χ4n) is 3.28. The number of aromatic nitrogens is 2. The van der Waals surface area contributed by atoms with Crippen molar-refractivity contribution in [1.82, 2.24) is 9.97 Å². The Bertz CT molecular complexity index is 909. The first-order valence-corrected chi connectivity index (χ1v) is 9.21. The van der Waals surface area contributed by atoms with Crippen molar-refractivity contribution in [3.8, 4) is 5.75 Å². The molecule has 0 saturated heterocycles. The number of methoxy groups -OCH3 is 1. The standard InChI is InChI=1S/C18H18ClN3OS/c1-10-3-5-12-15(7-10)24-18-16(12)17(20-9-21-18)22-13-8-11(19)4-6-14(13)23-2/h4,6,8-10H,3,5,7H2,1-2H3,(H,20,21,22)/t10-/m1/s1. The number of fused-ring (bicyclic) bond motifs is 3. The molecule has 1 aliphatic rings. The lowest BCUT2D eigenvalue weighted by Crippen LogP contribution is -2.09. The molecule has 2 aromatic heterocycles. The molecule has 0 saturated carbocycles. The number of rotatable bonds is 3. The summed E-state index contributed by atoms with van der Waals surface area (Å²) < 4.78 is 5.43. The molecular formula is C18H18ClN3OS. The molecule has 24 heavy (non-hydrogen) atoms. The van der Waals surface area contributed by atoms with Gasteiger partial charge in [0.15, 0.2) is 0 Å². The van der Waals surface area contributed by atoms with Gasteiger partial charge < -0.3 is 10.1 Å². The van der Waals surface area contributed by atoms with Crippen LogP contribution in [0, 0.1) is 5.92 Å². The zero-order valence-electron chi connectivity index (χ0n) is 13.6. The number of nitrogens with zero attached hydrogens (tertiary/aromatic N) is 2. The Labute approximate surface area is 149 Å². The van der Waals surface area contributed by atoms with Gasteiger partial charge in [-0.1, -0.05) is 18.5 Å². The lowest BCUT2D eigenvalue weighted by molar-refractivity contribution is 0.417. The average molecular weight is 360 g/mol. The van der Waals surface area contributed by atoms with Crippen LogP contribution in [0.3, 0.4) is 0 Å². The van der Waals surface area contributed by atoms with Crippen LogP contribution in [0.5, 0.6) is 5.75 Å². The largest absolute Gasteiger partial charge is 0.495 e. The molecule has 4 rings (SSSR count). The van der Waals surface area contributed by atoms with Crippen molar-refractivity contribution >= 4 is 44.7 Å². The Morgan fingerprint density at radius 3 is 3.04 bits per heavy atom. The summed E-state index contributed by atoms with van der Waals surface area (Å²) in [5.41, 5.74) is 2.21. The van der Waals surface area contributed by atoms with E-state index in [2.05, 4.69) is 22.2 Å². The molecule has 0 unspecified atom stereocenters. The first-order chi connectivity index (χ1) is 11.7. The Morgan fingerprint density at radius 1 is 1.33 bits per heavy atom. The molecule has 6 heteroatoms. The second-order valence-electron chi connectivity index (χ2n) is 6.22. The zero-order chi connectivity index (χ0) is 16.7. The van der Waals surface area contributed by atoms with E-state index in [-0.39, 0.29) is 0 Å². The van der Waals surface area contributed by atoms with Gasteiger partial charge in [0.05, 0.1) is 18.2 Å². The number of benzene rings is 1. The molecule has 124 valence electrons. The third-order valence-corrected chi connectivity index (χ3v) is 5.90. The maximum absolute atomic E-state index is 6.14. The van der Waals surface area contributed by atoms with E-state index in [1.807, 2.05) is 18.2 Å². The van der Waals surface area contributed by atoms with Crippen molar-refractivity contribution < 1.29 is 4.74 Å². The van der Waals surface area contributed by atoms with Crippen LogP contribution in [0.1, 0.15) is 23.8 Å². The van der Waals surface area contributed by atoms with E-state index >= 15 is 0 Å². The van der Waals surface area contributed by atoms with Gasteiger partial charge in [-0.2, -0.15) is 0 Å². The monoisotopic (exact) mass is 359 g/mol. The van der Waals surface area contributed by atoms with Gasteiger partial charge in [0.1, 0.15) is 22.7 Å². The summed E-state index contributed by atoms with van der Waals surface area (Å²) in [6.45, 7) is 2.31. The van der Waals surface area contributed by atoms with Crippen LogP contribution in [0.4, 0.5) is 11.5 Å². The minimum Gasteiger partial charge on any atom is -0.495 e. The predicted molar refractivity (Wildman–Crippen MR) is 99.9 cm³/mol.